The van der Waals surface area contributed by atoms with Gasteiger partial charge < -0.3 is 0 Å². The summed E-state index contributed by atoms with van der Waals surface area (Å²) in [5.74, 6) is -0.422. The largest absolute Gasteiger partial charge is 0.290 e. The van der Waals surface area contributed by atoms with Crippen molar-refractivity contribution in [2.24, 2.45) is 0 Å². The van der Waals surface area contributed by atoms with Gasteiger partial charge in [0.2, 0.25) is 0 Å². The highest BCUT2D eigenvalue weighted by atomic mass is 16.3. The average molecular weight is 300 g/mol. The molecule has 0 unspecified atom stereocenters. The maximum atomic E-state index is 12.3. The molecule has 110 valence electrons. The number of carbonyl (C=O) groups is 2. The van der Waals surface area contributed by atoms with Crippen LogP contribution in [-0.4, -0.2) is 11.6 Å². The fraction of sp³-hybridized carbons (Fsp3) is 0. The fourth-order valence-corrected chi connectivity index (χ4v) is 2.25. The molecule has 0 atom stereocenters. The van der Waals surface area contributed by atoms with Crippen molar-refractivity contribution in [3.8, 4) is 5.75 Å². The van der Waals surface area contributed by atoms with Crippen LogP contribution in [0.3, 0.4) is 0 Å². The zero-order chi connectivity index (χ0) is 16.2. The zero-order valence-corrected chi connectivity index (χ0v) is 12.2. The standard InChI is InChI=1S/C20H12O3/c21-18-12-10-17(11-13-18)20(23)16-8-6-15(7-9-16)19(22)14-4-2-1-3-5-14/h2-13H. The highest BCUT2D eigenvalue weighted by Crippen LogP contribution is 2.16. The summed E-state index contributed by atoms with van der Waals surface area (Å²) in [4.78, 5) is 24.6. The Kier molecular flexibility index (Phi) is 4.02. The maximum Gasteiger partial charge on any atom is 0.193 e. The molecular formula is C20H12O3. The first-order chi connectivity index (χ1) is 11.1. The van der Waals surface area contributed by atoms with E-state index in [1.165, 1.54) is 24.3 Å². The number of hydrogen-bond acceptors (Lipinski definition) is 2. The lowest BCUT2D eigenvalue weighted by Gasteiger charge is -2.04. The fourth-order valence-electron chi connectivity index (χ4n) is 2.25. The van der Waals surface area contributed by atoms with E-state index in [1.807, 2.05) is 0 Å². The van der Waals surface area contributed by atoms with Gasteiger partial charge in [0.1, 0.15) is 0 Å². The molecule has 3 nitrogen and oxygen atoms in total. The molecule has 0 heterocycles. The number of benzene rings is 3. The smallest absolute Gasteiger partial charge is 0.193 e. The average Bonchev–Trinajstić information content (AvgIpc) is 2.62. The van der Waals surface area contributed by atoms with E-state index in [-0.39, 0.29) is 17.3 Å². The number of rotatable bonds is 4. The number of ketones is 2. The Morgan fingerprint density at radius 3 is 1.35 bits per heavy atom. The molecule has 0 saturated heterocycles. The quantitative estimate of drug-likeness (QED) is 0.681. The molecule has 0 amide bonds. The molecule has 2 radical (unpaired) electrons. The minimum atomic E-state index is -0.182. The molecule has 3 aromatic rings. The second-order valence-electron chi connectivity index (χ2n) is 5.05. The van der Waals surface area contributed by atoms with E-state index < -0.39 is 0 Å². The lowest BCUT2D eigenvalue weighted by Crippen LogP contribution is -2.04. The molecule has 23 heavy (non-hydrogen) atoms. The topological polar surface area (TPSA) is 54.0 Å². The Morgan fingerprint density at radius 2 is 0.913 bits per heavy atom. The molecule has 0 aromatic heterocycles. The van der Waals surface area contributed by atoms with Crippen molar-refractivity contribution in [3.05, 3.63) is 101 Å². The van der Waals surface area contributed by atoms with E-state index >= 15 is 0 Å². The van der Waals surface area contributed by atoms with Gasteiger partial charge in [-0.1, -0.05) is 48.5 Å². The molecular weight excluding hydrogens is 288 g/mol. The van der Waals surface area contributed by atoms with Crippen molar-refractivity contribution in [2.45, 2.75) is 0 Å². The Morgan fingerprint density at radius 1 is 0.565 bits per heavy atom. The van der Waals surface area contributed by atoms with Gasteiger partial charge >= 0.3 is 0 Å². The van der Waals surface area contributed by atoms with E-state index in [2.05, 4.69) is 6.07 Å². The van der Waals surface area contributed by atoms with Crippen LogP contribution in [0, 0.1) is 6.07 Å². The number of hydrogen-bond donors (Lipinski definition) is 0. The molecule has 3 heteroatoms. The highest BCUT2D eigenvalue weighted by molar-refractivity contribution is 6.11. The van der Waals surface area contributed by atoms with Gasteiger partial charge in [0.25, 0.3) is 0 Å². The SMILES string of the molecule is [O]c1ccc(C(=O)c2ccc(C(=O)c3cc[c]cc3)cc2)cc1. The van der Waals surface area contributed by atoms with Crippen molar-refractivity contribution in [2.75, 3.05) is 0 Å². The van der Waals surface area contributed by atoms with Crippen molar-refractivity contribution < 1.29 is 14.7 Å². The highest BCUT2D eigenvalue weighted by Gasteiger charge is 2.12. The predicted octanol–water partition coefficient (Wildman–Crippen LogP) is 4.09. The first-order valence-electron chi connectivity index (χ1n) is 7.08. The second-order valence-corrected chi connectivity index (χ2v) is 5.05. The van der Waals surface area contributed by atoms with Crippen LogP contribution >= 0.6 is 0 Å². The molecule has 0 aliphatic carbocycles. The van der Waals surface area contributed by atoms with Crippen molar-refractivity contribution in [1.82, 2.24) is 0 Å². The minimum Gasteiger partial charge on any atom is -0.290 e. The summed E-state index contributed by atoms with van der Waals surface area (Å²) in [6.45, 7) is 0. The van der Waals surface area contributed by atoms with Gasteiger partial charge in [-0.2, -0.15) is 0 Å². The van der Waals surface area contributed by atoms with Crippen molar-refractivity contribution >= 4 is 11.6 Å². The zero-order valence-electron chi connectivity index (χ0n) is 12.2. The van der Waals surface area contributed by atoms with Gasteiger partial charge in [0.15, 0.2) is 17.3 Å². The molecule has 0 aliphatic heterocycles. The summed E-state index contributed by atoms with van der Waals surface area (Å²) in [6.07, 6.45) is 0. The summed E-state index contributed by atoms with van der Waals surface area (Å²) in [6, 6.07) is 21.9. The first kappa shape index (κ1) is 14.7. The van der Waals surface area contributed by atoms with Crippen LogP contribution in [0.25, 0.3) is 0 Å². The van der Waals surface area contributed by atoms with Gasteiger partial charge in [0.05, 0.1) is 0 Å². The normalized spacial score (nSPS) is 10.3. The van der Waals surface area contributed by atoms with Crippen LogP contribution in [0.5, 0.6) is 5.75 Å². The third-order valence-electron chi connectivity index (χ3n) is 3.51. The van der Waals surface area contributed by atoms with E-state index in [0.29, 0.717) is 22.3 Å². The summed E-state index contributed by atoms with van der Waals surface area (Å²) in [5.41, 5.74) is 2.01. The molecule has 0 spiro atoms. The van der Waals surface area contributed by atoms with E-state index in [1.54, 1.807) is 48.5 Å². The molecule has 0 N–H and O–H groups in total. The Labute approximate surface area is 133 Å². The van der Waals surface area contributed by atoms with Gasteiger partial charge in [0, 0.05) is 22.3 Å². The Balaban J connectivity index is 1.83. The molecule has 0 bridgehead atoms. The molecule has 0 saturated carbocycles. The summed E-state index contributed by atoms with van der Waals surface area (Å²) >= 11 is 0. The first-order valence-corrected chi connectivity index (χ1v) is 7.08. The van der Waals surface area contributed by atoms with Gasteiger partial charge in [-0.05, 0) is 30.3 Å². The third kappa shape index (κ3) is 3.19. The van der Waals surface area contributed by atoms with Crippen LogP contribution in [0.15, 0.2) is 72.8 Å². The van der Waals surface area contributed by atoms with Crippen LogP contribution in [0.2, 0.25) is 0 Å². The van der Waals surface area contributed by atoms with Gasteiger partial charge in [-0.25, -0.2) is 0 Å². The van der Waals surface area contributed by atoms with Crippen LogP contribution in [0.4, 0.5) is 0 Å². The molecule has 0 fully saturated rings. The van der Waals surface area contributed by atoms with Crippen LogP contribution in [-0.2, 0) is 5.11 Å². The van der Waals surface area contributed by atoms with Crippen molar-refractivity contribution in [3.63, 3.8) is 0 Å². The maximum absolute atomic E-state index is 12.3. The monoisotopic (exact) mass is 300 g/mol. The van der Waals surface area contributed by atoms with E-state index in [4.69, 9.17) is 0 Å². The van der Waals surface area contributed by atoms with Crippen molar-refractivity contribution in [1.29, 1.82) is 0 Å². The molecule has 3 rings (SSSR count). The second kappa shape index (κ2) is 6.28. The minimum absolute atomic E-state index is 0.103. The Bertz CT molecular complexity index is 832. The summed E-state index contributed by atoms with van der Waals surface area (Å²) < 4.78 is 0. The summed E-state index contributed by atoms with van der Waals surface area (Å²) in [7, 11) is 0. The lowest BCUT2D eigenvalue weighted by molar-refractivity contribution is 0.102. The summed E-state index contributed by atoms with van der Waals surface area (Å²) in [5, 5.41) is 11.1. The van der Waals surface area contributed by atoms with Gasteiger partial charge in [-0.15, -0.1) is 0 Å². The molecule has 0 aliphatic rings. The van der Waals surface area contributed by atoms with E-state index in [9.17, 15) is 14.7 Å². The lowest BCUT2D eigenvalue weighted by atomic mass is 9.98. The Hall–Kier alpha value is -3.20. The van der Waals surface area contributed by atoms with Crippen LogP contribution in [0.1, 0.15) is 31.8 Å². The molecule has 3 aromatic carbocycles. The van der Waals surface area contributed by atoms with Crippen LogP contribution < -0.4 is 0 Å². The predicted molar refractivity (Wildman–Crippen MR) is 85.2 cm³/mol. The van der Waals surface area contributed by atoms with E-state index in [0.717, 1.165) is 0 Å². The third-order valence-corrected chi connectivity index (χ3v) is 3.51. The van der Waals surface area contributed by atoms with Gasteiger partial charge in [-0.3, -0.25) is 14.7 Å². The number of carbonyl (C=O) groups excluding carboxylic acids is 2.